The first-order chi connectivity index (χ1) is 14.1. The molecule has 0 fully saturated rings. The molecule has 0 aliphatic carbocycles. The summed E-state index contributed by atoms with van der Waals surface area (Å²) in [4.78, 5) is 33.1. The van der Waals surface area contributed by atoms with Gasteiger partial charge in [-0.05, 0) is 56.3 Å². The third-order valence-electron chi connectivity index (χ3n) is 5.46. The predicted molar refractivity (Wildman–Crippen MR) is 110 cm³/mol. The van der Waals surface area contributed by atoms with E-state index in [2.05, 4.69) is 4.98 Å². The van der Waals surface area contributed by atoms with Crippen molar-refractivity contribution in [2.45, 2.75) is 23.8 Å². The summed E-state index contributed by atoms with van der Waals surface area (Å²) in [7, 11) is -0.866. The van der Waals surface area contributed by atoms with Gasteiger partial charge in [0.1, 0.15) is 0 Å². The number of esters is 1. The maximum Gasteiger partial charge on any atom is 0.332 e. The Morgan fingerprint density at radius 3 is 2.63 bits per heavy atom. The highest BCUT2D eigenvalue weighted by Gasteiger charge is 2.43. The fourth-order valence-corrected chi connectivity index (χ4v) is 4.13. The summed E-state index contributed by atoms with van der Waals surface area (Å²) in [6.07, 6.45) is 2.09. The zero-order valence-corrected chi connectivity index (χ0v) is 17.8. The lowest BCUT2D eigenvalue weighted by Gasteiger charge is -2.36. The predicted octanol–water partition coefficient (Wildman–Crippen LogP) is 0.638. The van der Waals surface area contributed by atoms with Crippen LogP contribution in [-0.2, 0) is 36.3 Å². The second-order valence-electron chi connectivity index (χ2n) is 7.27. The highest BCUT2D eigenvalue weighted by Crippen LogP contribution is 2.31. The van der Waals surface area contributed by atoms with Crippen LogP contribution in [0.25, 0.3) is 0 Å². The number of methoxy groups -OCH3 is 1. The molecular weight excluding hydrogens is 408 g/mol. The number of carbonyl (C=O) groups excluding carboxylic acids is 2. The number of hydrogen-bond donors (Lipinski definition) is 1. The van der Waals surface area contributed by atoms with E-state index >= 15 is 0 Å². The van der Waals surface area contributed by atoms with E-state index in [1.54, 1.807) is 54.2 Å². The van der Waals surface area contributed by atoms with Gasteiger partial charge >= 0.3 is 5.97 Å². The van der Waals surface area contributed by atoms with Crippen LogP contribution in [0, 0.1) is 0 Å². The van der Waals surface area contributed by atoms with Crippen LogP contribution in [0.5, 0.6) is 0 Å². The Morgan fingerprint density at radius 1 is 1.30 bits per heavy atom. The Balaban J connectivity index is 1.85. The summed E-state index contributed by atoms with van der Waals surface area (Å²) < 4.78 is 28.1. The zero-order valence-electron chi connectivity index (χ0n) is 17.0. The van der Waals surface area contributed by atoms with Gasteiger partial charge in [0.25, 0.3) is 0 Å². The van der Waals surface area contributed by atoms with Gasteiger partial charge in [0, 0.05) is 18.4 Å². The van der Waals surface area contributed by atoms with E-state index in [0.717, 1.165) is 5.56 Å². The summed E-state index contributed by atoms with van der Waals surface area (Å²) in [5.74, 6) is -0.762. The van der Waals surface area contributed by atoms with E-state index < -0.39 is 21.5 Å². The average Bonchev–Trinajstić information content (AvgIpc) is 3.15. The number of sulfonamides is 1. The van der Waals surface area contributed by atoms with E-state index in [9.17, 15) is 18.0 Å². The Kier molecular flexibility index (Phi) is 5.93. The lowest BCUT2D eigenvalue weighted by Crippen LogP contribution is -2.52. The summed E-state index contributed by atoms with van der Waals surface area (Å²) in [5, 5.41) is 5.19. The minimum atomic E-state index is -3.81. The Hall–Kier alpha value is -2.82. The van der Waals surface area contributed by atoms with E-state index in [1.807, 2.05) is 0 Å². The number of anilines is 1. The highest BCUT2D eigenvalue weighted by molar-refractivity contribution is 7.89. The van der Waals surface area contributed by atoms with Crippen LogP contribution in [0.2, 0.25) is 0 Å². The molecule has 160 valence electrons. The molecular formula is C20H24N4O5S. The van der Waals surface area contributed by atoms with Gasteiger partial charge in [0.05, 0.1) is 24.2 Å². The quantitative estimate of drug-likeness (QED) is 0.665. The molecule has 0 unspecified atom stereocenters. The van der Waals surface area contributed by atoms with Gasteiger partial charge in [-0.1, -0.05) is 6.07 Å². The smallest absolute Gasteiger partial charge is 0.332 e. The first-order valence-corrected chi connectivity index (χ1v) is 10.8. The molecule has 3 rings (SSSR count). The molecule has 9 nitrogen and oxygen atoms in total. The minimum absolute atomic E-state index is 0.0149. The molecule has 1 aliphatic rings. The van der Waals surface area contributed by atoms with Gasteiger partial charge in [-0.3, -0.25) is 14.7 Å². The number of benzene rings is 1. The SMILES string of the molecule is COC(=O)[C@](C)(c1ccccn1)N(C)CC(=O)N1CCc2cc(S(N)(=O)=O)ccc21. The number of pyridine rings is 1. The largest absolute Gasteiger partial charge is 0.467 e. The normalized spacial score (nSPS) is 15.6. The van der Waals surface area contributed by atoms with Gasteiger partial charge in [-0.2, -0.15) is 0 Å². The first kappa shape index (κ1) is 21.9. The second kappa shape index (κ2) is 8.13. The number of nitrogens with two attached hydrogens (primary N) is 1. The number of likely N-dealkylation sites (N-methyl/N-ethyl adjacent to an activating group) is 1. The molecule has 0 radical (unpaired) electrons. The number of carbonyl (C=O) groups is 2. The molecule has 2 N–H and O–H groups in total. The van der Waals surface area contributed by atoms with Crippen molar-refractivity contribution in [3.63, 3.8) is 0 Å². The van der Waals surface area contributed by atoms with Gasteiger partial charge in [-0.15, -0.1) is 0 Å². The Morgan fingerprint density at radius 2 is 2.03 bits per heavy atom. The molecule has 0 spiro atoms. The maximum atomic E-state index is 13.1. The van der Waals surface area contributed by atoms with Gasteiger partial charge < -0.3 is 9.64 Å². The number of aromatic nitrogens is 1. The summed E-state index contributed by atoms with van der Waals surface area (Å²) in [6.45, 7) is 2.00. The molecule has 10 heteroatoms. The van der Waals surface area contributed by atoms with Crippen molar-refractivity contribution in [3.05, 3.63) is 53.9 Å². The lowest BCUT2D eigenvalue weighted by atomic mass is 9.95. The van der Waals surface area contributed by atoms with Crippen LogP contribution >= 0.6 is 0 Å². The van der Waals surface area contributed by atoms with Crippen LogP contribution in [0.4, 0.5) is 5.69 Å². The first-order valence-electron chi connectivity index (χ1n) is 9.26. The van der Waals surface area contributed by atoms with E-state index in [-0.39, 0.29) is 17.3 Å². The third-order valence-corrected chi connectivity index (χ3v) is 6.37. The van der Waals surface area contributed by atoms with Crippen LogP contribution in [-0.4, -0.2) is 57.4 Å². The van der Waals surface area contributed by atoms with E-state index in [4.69, 9.17) is 9.88 Å². The standard InChI is InChI=1S/C20H24N4O5S/c1-20(19(26)29-3,17-6-4-5-10-22-17)23(2)13-18(25)24-11-9-14-12-15(30(21,27)28)7-8-16(14)24/h4-8,10,12H,9,11,13H2,1-3H3,(H2,21,27,28)/t20-/m0/s1. The number of amides is 1. The number of nitrogens with zero attached hydrogens (tertiary/aromatic N) is 3. The second-order valence-corrected chi connectivity index (χ2v) is 8.83. The van der Waals surface area contributed by atoms with Crippen molar-refractivity contribution in [3.8, 4) is 0 Å². The van der Waals surface area contributed by atoms with Crippen LogP contribution in [0.1, 0.15) is 18.2 Å². The lowest BCUT2D eigenvalue weighted by molar-refractivity contribution is -0.155. The van der Waals surface area contributed by atoms with Gasteiger partial charge in [0.2, 0.25) is 15.9 Å². The van der Waals surface area contributed by atoms with Crippen molar-refractivity contribution in [1.29, 1.82) is 0 Å². The monoisotopic (exact) mass is 432 g/mol. The average molecular weight is 433 g/mol. The number of primary sulfonamides is 1. The molecule has 2 aromatic rings. The fraction of sp³-hybridized carbons (Fsp3) is 0.350. The van der Waals surface area contributed by atoms with E-state index in [0.29, 0.717) is 24.3 Å². The molecule has 2 heterocycles. The molecule has 1 amide bonds. The number of rotatable bonds is 6. The zero-order chi connectivity index (χ0) is 22.1. The maximum absolute atomic E-state index is 13.1. The van der Waals surface area contributed by atoms with Gasteiger partial charge in [0.15, 0.2) is 5.54 Å². The van der Waals surface area contributed by atoms with Crippen molar-refractivity contribution >= 4 is 27.6 Å². The molecule has 1 aliphatic heterocycles. The summed E-state index contributed by atoms with van der Waals surface area (Å²) >= 11 is 0. The van der Waals surface area contributed by atoms with E-state index in [1.165, 1.54) is 19.2 Å². The summed E-state index contributed by atoms with van der Waals surface area (Å²) in [6, 6.07) is 9.67. The van der Waals surface area contributed by atoms with Crippen molar-refractivity contribution in [2.75, 3.05) is 32.1 Å². The topological polar surface area (TPSA) is 123 Å². The minimum Gasteiger partial charge on any atom is -0.467 e. The third kappa shape index (κ3) is 3.93. The number of ether oxygens (including phenoxy) is 1. The highest BCUT2D eigenvalue weighted by atomic mass is 32.2. The number of fused-ring (bicyclic) bond motifs is 1. The number of hydrogen-bond acceptors (Lipinski definition) is 7. The van der Waals surface area contributed by atoms with Crippen molar-refractivity contribution < 1.29 is 22.7 Å². The van der Waals surface area contributed by atoms with Crippen LogP contribution in [0.15, 0.2) is 47.5 Å². The summed E-state index contributed by atoms with van der Waals surface area (Å²) in [5.41, 5.74) is 0.578. The van der Waals surface area contributed by atoms with Crippen molar-refractivity contribution in [2.24, 2.45) is 5.14 Å². The molecule has 1 aromatic heterocycles. The van der Waals surface area contributed by atoms with Crippen LogP contribution < -0.4 is 10.0 Å². The van der Waals surface area contributed by atoms with Crippen LogP contribution in [0.3, 0.4) is 0 Å². The molecule has 0 saturated carbocycles. The Labute approximate surface area is 175 Å². The molecule has 1 atom stereocenters. The molecule has 0 bridgehead atoms. The van der Waals surface area contributed by atoms with Gasteiger partial charge in [-0.25, -0.2) is 18.4 Å². The van der Waals surface area contributed by atoms with Crippen molar-refractivity contribution in [1.82, 2.24) is 9.88 Å². The fourth-order valence-electron chi connectivity index (χ4n) is 3.57. The molecule has 0 saturated heterocycles. The Bertz CT molecular complexity index is 1070. The molecule has 30 heavy (non-hydrogen) atoms. The molecule has 1 aromatic carbocycles.